The maximum atomic E-state index is 12.2. The maximum Gasteiger partial charge on any atom is 0.350 e. The molecule has 5 heteroatoms. The molecule has 0 aromatic carbocycles. The summed E-state index contributed by atoms with van der Waals surface area (Å²) in [5.41, 5.74) is 6.28. The van der Waals surface area contributed by atoms with Gasteiger partial charge < -0.3 is 10.5 Å². The van der Waals surface area contributed by atoms with Crippen LogP contribution in [0.5, 0.6) is 0 Å². The number of nitrogens with two attached hydrogens (primary N) is 1. The van der Waals surface area contributed by atoms with Crippen LogP contribution in [0.2, 0.25) is 0 Å². The lowest BCUT2D eigenvalue weighted by molar-refractivity contribution is 0.00921. The highest BCUT2D eigenvalue weighted by atomic mass is 32.1. The molecule has 1 aliphatic rings. The van der Waals surface area contributed by atoms with Crippen molar-refractivity contribution in [1.29, 1.82) is 0 Å². The number of esters is 1. The van der Waals surface area contributed by atoms with Crippen LogP contribution in [-0.4, -0.2) is 17.1 Å². The van der Waals surface area contributed by atoms with Gasteiger partial charge in [0.1, 0.15) is 16.0 Å². The van der Waals surface area contributed by atoms with Crippen molar-refractivity contribution in [3.63, 3.8) is 0 Å². The van der Waals surface area contributed by atoms with Gasteiger partial charge in [-0.05, 0) is 38.0 Å². The van der Waals surface area contributed by atoms with Gasteiger partial charge in [0, 0.05) is 6.54 Å². The van der Waals surface area contributed by atoms with Crippen molar-refractivity contribution in [2.45, 2.75) is 52.7 Å². The van der Waals surface area contributed by atoms with Crippen molar-refractivity contribution in [2.24, 2.45) is 17.6 Å². The largest absolute Gasteiger partial charge is 0.458 e. The molecule has 1 heterocycles. The standard InChI is InChI=1S/C14H22N2O2S/c1-8-4-5-11(6-9(8)2)18-14(17)13-10(3)16-12(7-15)19-13/h8-9,11H,4-7,15H2,1-3H3. The monoisotopic (exact) mass is 282 g/mol. The van der Waals surface area contributed by atoms with Gasteiger partial charge >= 0.3 is 5.97 Å². The van der Waals surface area contributed by atoms with Gasteiger partial charge in [0.25, 0.3) is 0 Å². The highest BCUT2D eigenvalue weighted by Crippen LogP contribution is 2.32. The van der Waals surface area contributed by atoms with Gasteiger partial charge in [0.05, 0.1) is 5.69 Å². The molecule has 0 amide bonds. The van der Waals surface area contributed by atoms with Crippen LogP contribution in [0.15, 0.2) is 0 Å². The van der Waals surface area contributed by atoms with Crippen molar-refractivity contribution in [3.8, 4) is 0 Å². The minimum atomic E-state index is -0.235. The number of hydrogen-bond acceptors (Lipinski definition) is 5. The molecule has 0 saturated heterocycles. The summed E-state index contributed by atoms with van der Waals surface area (Å²) in [6.07, 6.45) is 3.13. The fraction of sp³-hybridized carbons (Fsp3) is 0.714. The molecule has 0 radical (unpaired) electrons. The average molecular weight is 282 g/mol. The first-order valence-corrected chi connectivity index (χ1v) is 7.70. The van der Waals surface area contributed by atoms with Gasteiger partial charge in [-0.1, -0.05) is 13.8 Å². The summed E-state index contributed by atoms with van der Waals surface area (Å²) in [6.45, 7) is 6.70. The van der Waals surface area contributed by atoms with Gasteiger partial charge in [0.2, 0.25) is 0 Å². The van der Waals surface area contributed by atoms with E-state index in [1.165, 1.54) is 11.3 Å². The van der Waals surface area contributed by atoms with E-state index in [0.717, 1.165) is 35.9 Å². The van der Waals surface area contributed by atoms with E-state index in [4.69, 9.17) is 10.5 Å². The van der Waals surface area contributed by atoms with Gasteiger partial charge in [0.15, 0.2) is 0 Å². The Hall–Kier alpha value is -0.940. The average Bonchev–Trinajstić information content (AvgIpc) is 2.75. The Labute approximate surface area is 118 Å². The van der Waals surface area contributed by atoms with Crippen LogP contribution >= 0.6 is 11.3 Å². The minimum Gasteiger partial charge on any atom is -0.458 e. The molecule has 4 nitrogen and oxygen atoms in total. The number of aryl methyl sites for hydroxylation is 1. The molecule has 0 spiro atoms. The molecule has 2 rings (SSSR count). The predicted molar refractivity (Wildman–Crippen MR) is 76.1 cm³/mol. The van der Waals surface area contributed by atoms with Gasteiger partial charge in [-0.25, -0.2) is 9.78 Å². The van der Waals surface area contributed by atoms with Crippen molar-refractivity contribution in [3.05, 3.63) is 15.6 Å². The summed E-state index contributed by atoms with van der Waals surface area (Å²) < 4.78 is 5.63. The number of hydrogen-bond donors (Lipinski definition) is 1. The number of ether oxygens (including phenoxy) is 1. The molecule has 3 unspecified atom stereocenters. The molecule has 1 aromatic rings. The summed E-state index contributed by atoms with van der Waals surface area (Å²) in [5.74, 6) is 1.11. The SMILES string of the molecule is Cc1nc(CN)sc1C(=O)OC1CCC(C)C(C)C1. The fourth-order valence-corrected chi connectivity index (χ4v) is 3.37. The van der Waals surface area contributed by atoms with Gasteiger partial charge in [-0.15, -0.1) is 11.3 Å². The molecule has 1 fully saturated rings. The number of thiazole rings is 1. The predicted octanol–water partition coefficient (Wildman–Crippen LogP) is 2.89. The number of rotatable bonds is 3. The van der Waals surface area contributed by atoms with E-state index >= 15 is 0 Å². The molecular weight excluding hydrogens is 260 g/mol. The highest BCUT2D eigenvalue weighted by molar-refractivity contribution is 7.13. The number of aromatic nitrogens is 1. The lowest BCUT2D eigenvalue weighted by Gasteiger charge is -2.31. The molecule has 106 valence electrons. The molecule has 1 saturated carbocycles. The minimum absolute atomic E-state index is 0.0570. The third-order valence-corrected chi connectivity index (χ3v) is 5.18. The zero-order valence-corrected chi connectivity index (χ0v) is 12.6. The Morgan fingerprint density at radius 3 is 2.74 bits per heavy atom. The summed E-state index contributed by atoms with van der Waals surface area (Å²) in [4.78, 5) is 17.0. The fourth-order valence-electron chi connectivity index (χ4n) is 2.54. The second-order valence-electron chi connectivity index (χ2n) is 5.52. The number of nitrogens with zero attached hydrogens (tertiary/aromatic N) is 1. The van der Waals surface area contributed by atoms with E-state index in [0.29, 0.717) is 17.3 Å². The Balaban J connectivity index is 1.99. The Bertz CT molecular complexity index is 458. The van der Waals surface area contributed by atoms with E-state index < -0.39 is 0 Å². The van der Waals surface area contributed by atoms with Crippen molar-refractivity contribution in [1.82, 2.24) is 4.98 Å². The van der Waals surface area contributed by atoms with Gasteiger partial charge in [-0.2, -0.15) is 0 Å². The topological polar surface area (TPSA) is 65.2 Å². The zero-order valence-electron chi connectivity index (χ0n) is 11.8. The Morgan fingerprint density at radius 2 is 2.16 bits per heavy atom. The summed E-state index contributed by atoms with van der Waals surface area (Å²) in [7, 11) is 0. The normalized spacial score (nSPS) is 27.3. The number of carbonyl (C=O) groups excluding carboxylic acids is 1. The van der Waals surface area contributed by atoms with E-state index in [2.05, 4.69) is 18.8 Å². The van der Waals surface area contributed by atoms with E-state index in [9.17, 15) is 4.79 Å². The second kappa shape index (κ2) is 6.01. The Kier molecular flexibility index (Phi) is 4.58. The summed E-state index contributed by atoms with van der Waals surface area (Å²) in [6, 6.07) is 0. The zero-order chi connectivity index (χ0) is 14.0. The smallest absolute Gasteiger partial charge is 0.350 e. The molecule has 2 N–H and O–H groups in total. The van der Waals surface area contributed by atoms with Crippen molar-refractivity contribution in [2.75, 3.05) is 0 Å². The van der Waals surface area contributed by atoms with Crippen molar-refractivity contribution >= 4 is 17.3 Å². The summed E-state index contributed by atoms with van der Waals surface area (Å²) in [5, 5.41) is 0.787. The van der Waals surface area contributed by atoms with E-state index in [1.54, 1.807) is 0 Å². The van der Waals surface area contributed by atoms with Crippen LogP contribution in [0.25, 0.3) is 0 Å². The molecule has 3 atom stereocenters. The molecular formula is C14H22N2O2S. The highest BCUT2D eigenvalue weighted by Gasteiger charge is 2.28. The molecule has 0 aliphatic heterocycles. The first kappa shape index (κ1) is 14.5. The molecule has 0 bridgehead atoms. The van der Waals surface area contributed by atoms with E-state index in [1.807, 2.05) is 6.92 Å². The molecule has 1 aromatic heterocycles. The van der Waals surface area contributed by atoms with Crippen LogP contribution in [0, 0.1) is 18.8 Å². The first-order chi connectivity index (χ1) is 9.01. The maximum absolute atomic E-state index is 12.2. The van der Waals surface area contributed by atoms with Crippen LogP contribution in [0.4, 0.5) is 0 Å². The Morgan fingerprint density at radius 1 is 1.42 bits per heavy atom. The van der Waals surface area contributed by atoms with Crippen LogP contribution in [0.1, 0.15) is 53.5 Å². The second-order valence-corrected chi connectivity index (χ2v) is 6.60. The lowest BCUT2D eigenvalue weighted by atomic mass is 9.80. The van der Waals surface area contributed by atoms with Crippen molar-refractivity contribution < 1.29 is 9.53 Å². The van der Waals surface area contributed by atoms with Crippen LogP contribution in [0.3, 0.4) is 0 Å². The lowest BCUT2D eigenvalue weighted by Crippen LogP contribution is -2.28. The third-order valence-electron chi connectivity index (χ3n) is 4.02. The van der Waals surface area contributed by atoms with Crippen LogP contribution in [-0.2, 0) is 11.3 Å². The quantitative estimate of drug-likeness (QED) is 0.866. The third kappa shape index (κ3) is 3.34. The van der Waals surface area contributed by atoms with E-state index in [-0.39, 0.29) is 12.1 Å². The van der Waals surface area contributed by atoms with Gasteiger partial charge in [-0.3, -0.25) is 0 Å². The molecule has 1 aliphatic carbocycles. The van der Waals surface area contributed by atoms with Crippen LogP contribution < -0.4 is 5.73 Å². The summed E-state index contributed by atoms with van der Waals surface area (Å²) >= 11 is 1.35. The molecule has 19 heavy (non-hydrogen) atoms. The number of carbonyl (C=O) groups is 1. The first-order valence-electron chi connectivity index (χ1n) is 6.88.